The molecule has 1 heterocycles. The maximum Gasteiger partial charge on any atom is 0.269 e. The van der Waals surface area contributed by atoms with E-state index in [1.54, 1.807) is 18.2 Å². The van der Waals surface area contributed by atoms with Crippen LogP contribution in [0.15, 0.2) is 36.9 Å². The molecule has 0 bridgehead atoms. The fourth-order valence-electron chi connectivity index (χ4n) is 1.64. The third-order valence-electron chi connectivity index (χ3n) is 2.64. The molecule has 0 radical (unpaired) electrons. The number of nitro benzene ring substituents is 1. The standard InChI is InChI=1S/C13H13N5O3/c1-2-7-14-12(19)8-11-15-13(17-16-11)9-3-5-10(6-4-9)18(20)21/h2-6H,1,7-8H2,(H,14,19)(H,15,16,17). The molecule has 0 saturated carbocycles. The molecule has 8 nitrogen and oxygen atoms in total. The maximum atomic E-state index is 11.5. The number of nitrogens with zero attached hydrogens (tertiary/aromatic N) is 3. The van der Waals surface area contributed by atoms with Gasteiger partial charge in [0, 0.05) is 24.2 Å². The smallest absolute Gasteiger partial charge is 0.269 e. The molecule has 21 heavy (non-hydrogen) atoms. The Morgan fingerprint density at radius 2 is 2.14 bits per heavy atom. The lowest BCUT2D eigenvalue weighted by Gasteiger charge is -1.98. The van der Waals surface area contributed by atoms with E-state index in [2.05, 4.69) is 27.1 Å². The van der Waals surface area contributed by atoms with Gasteiger partial charge in [0.2, 0.25) is 5.91 Å². The van der Waals surface area contributed by atoms with Crippen LogP contribution in [0.4, 0.5) is 5.69 Å². The lowest BCUT2D eigenvalue weighted by Crippen LogP contribution is -2.25. The molecule has 2 rings (SSSR count). The first-order valence-electron chi connectivity index (χ1n) is 6.14. The van der Waals surface area contributed by atoms with Gasteiger partial charge in [0.15, 0.2) is 5.82 Å². The van der Waals surface area contributed by atoms with Crippen LogP contribution in [0.5, 0.6) is 0 Å². The summed E-state index contributed by atoms with van der Waals surface area (Å²) >= 11 is 0. The number of rotatable bonds is 6. The Kier molecular flexibility index (Phi) is 4.39. The van der Waals surface area contributed by atoms with Gasteiger partial charge in [0.05, 0.1) is 11.3 Å². The zero-order valence-corrected chi connectivity index (χ0v) is 11.1. The first-order valence-corrected chi connectivity index (χ1v) is 6.14. The Hall–Kier alpha value is -3.03. The normalized spacial score (nSPS) is 10.1. The number of benzene rings is 1. The number of hydrogen-bond acceptors (Lipinski definition) is 5. The monoisotopic (exact) mass is 287 g/mol. The van der Waals surface area contributed by atoms with Crippen molar-refractivity contribution in [2.45, 2.75) is 6.42 Å². The summed E-state index contributed by atoms with van der Waals surface area (Å²) in [7, 11) is 0. The molecule has 0 aliphatic carbocycles. The predicted molar refractivity (Wildman–Crippen MR) is 75.4 cm³/mol. The van der Waals surface area contributed by atoms with E-state index < -0.39 is 4.92 Å². The first-order chi connectivity index (χ1) is 10.1. The van der Waals surface area contributed by atoms with E-state index in [4.69, 9.17) is 0 Å². The van der Waals surface area contributed by atoms with Crippen molar-refractivity contribution in [2.24, 2.45) is 0 Å². The quantitative estimate of drug-likeness (QED) is 0.471. The van der Waals surface area contributed by atoms with Gasteiger partial charge in [0.1, 0.15) is 5.82 Å². The molecule has 0 saturated heterocycles. The van der Waals surface area contributed by atoms with Crippen LogP contribution in [-0.2, 0) is 11.2 Å². The molecular formula is C13H13N5O3. The van der Waals surface area contributed by atoms with Crippen LogP contribution in [0.1, 0.15) is 5.82 Å². The second kappa shape index (κ2) is 6.42. The number of nitrogens with one attached hydrogen (secondary N) is 2. The fraction of sp³-hybridized carbons (Fsp3) is 0.154. The van der Waals surface area contributed by atoms with Crippen molar-refractivity contribution in [3.63, 3.8) is 0 Å². The van der Waals surface area contributed by atoms with Crippen molar-refractivity contribution in [1.82, 2.24) is 20.5 Å². The second-order valence-electron chi connectivity index (χ2n) is 4.18. The maximum absolute atomic E-state index is 11.5. The van der Waals surface area contributed by atoms with Crippen molar-refractivity contribution < 1.29 is 9.72 Å². The van der Waals surface area contributed by atoms with Gasteiger partial charge >= 0.3 is 0 Å². The number of hydrogen-bond donors (Lipinski definition) is 2. The fourth-order valence-corrected chi connectivity index (χ4v) is 1.64. The van der Waals surface area contributed by atoms with E-state index in [-0.39, 0.29) is 18.0 Å². The highest BCUT2D eigenvalue weighted by atomic mass is 16.6. The lowest BCUT2D eigenvalue weighted by molar-refractivity contribution is -0.384. The minimum atomic E-state index is -0.475. The molecule has 2 N–H and O–H groups in total. The predicted octanol–water partition coefficient (Wildman–Crippen LogP) is 1.22. The summed E-state index contributed by atoms with van der Waals surface area (Å²) in [5.41, 5.74) is 0.632. The summed E-state index contributed by atoms with van der Waals surface area (Å²) in [4.78, 5) is 25.8. The first kappa shape index (κ1) is 14.4. The van der Waals surface area contributed by atoms with Crippen LogP contribution in [0.2, 0.25) is 0 Å². The highest BCUT2D eigenvalue weighted by Crippen LogP contribution is 2.19. The van der Waals surface area contributed by atoms with Crippen molar-refractivity contribution in [2.75, 3.05) is 6.54 Å². The van der Waals surface area contributed by atoms with Gasteiger partial charge in [-0.05, 0) is 12.1 Å². The van der Waals surface area contributed by atoms with E-state index >= 15 is 0 Å². The van der Waals surface area contributed by atoms with E-state index in [0.29, 0.717) is 23.8 Å². The van der Waals surface area contributed by atoms with Crippen LogP contribution >= 0.6 is 0 Å². The molecule has 0 spiro atoms. The third kappa shape index (κ3) is 3.72. The molecule has 0 aliphatic rings. The Labute approximate surface area is 120 Å². The average molecular weight is 287 g/mol. The summed E-state index contributed by atoms with van der Waals surface area (Å²) in [6.45, 7) is 3.90. The molecule has 0 unspecified atom stereocenters. The Bertz CT molecular complexity index is 663. The summed E-state index contributed by atoms with van der Waals surface area (Å²) in [5, 5.41) is 19.9. The Morgan fingerprint density at radius 3 is 2.76 bits per heavy atom. The SMILES string of the molecule is C=CCNC(=O)Cc1nc(-c2ccc([N+](=O)[O-])cc2)n[nH]1. The number of amides is 1. The van der Waals surface area contributed by atoms with Crippen LogP contribution in [-0.4, -0.2) is 32.6 Å². The topological polar surface area (TPSA) is 114 Å². The van der Waals surface area contributed by atoms with E-state index in [0.717, 1.165) is 0 Å². The molecule has 1 aromatic heterocycles. The van der Waals surface area contributed by atoms with Crippen molar-refractivity contribution in [3.05, 3.63) is 52.9 Å². The van der Waals surface area contributed by atoms with Crippen LogP contribution in [0, 0.1) is 10.1 Å². The Balaban J connectivity index is 2.07. The largest absolute Gasteiger partial charge is 0.352 e. The highest BCUT2D eigenvalue weighted by Gasteiger charge is 2.11. The summed E-state index contributed by atoms with van der Waals surface area (Å²) < 4.78 is 0. The molecule has 8 heteroatoms. The van der Waals surface area contributed by atoms with Gasteiger partial charge in [-0.3, -0.25) is 20.0 Å². The van der Waals surface area contributed by atoms with E-state index in [9.17, 15) is 14.9 Å². The van der Waals surface area contributed by atoms with E-state index in [1.165, 1.54) is 12.1 Å². The Morgan fingerprint density at radius 1 is 1.43 bits per heavy atom. The zero-order valence-electron chi connectivity index (χ0n) is 11.1. The van der Waals surface area contributed by atoms with Crippen molar-refractivity contribution >= 4 is 11.6 Å². The zero-order chi connectivity index (χ0) is 15.2. The number of nitro groups is 1. The van der Waals surface area contributed by atoms with Gasteiger partial charge < -0.3 is 5.32 Å². The number of carbonyl (C=O) groups excluding carboxylic acids is 1. The molecule has 0 atom stereocenters. The van der Waals surface area contributed by atoms with Gasteiger partial charge in [-0.2, -0.15) is 5.10 Å². The van der Waals surface area contributed by atoms with Gasteiger partial charge in [-0.15, -0.1) is 6.58 Å². The van der Waals surface area contributed by atoms with Crippen LogP contribution < -0.4 is 5.32 Å². The van der Waals surface area contributed by atoms with Gasteiger partial charge in [-0.1, -0.05) is 6.08 Å². The van der Waals surface area contributed by atoms with Crippen molar-refractivity contribution in [3.8, 4) is 11.4 Å². The molecule has 0 fully saturated rings. The number of non-ortho nitro benzene ring substituents is 1. The lowest BCUT2D eigenvalue weighted by atomic mass is 10.2. The number of carbonyl (C=O) groups is 1. The second-order valence-corrected chi connectivity index (χ2v) is 4.18. The van der Waals surface area contributed by atoms with Gasteiger partial charge in [-0.25, -0.2) is 4.98 Å². The number of H-pyrrole nitrogens is 1. The van der Waals surface area contributed by atoms with E-state index in [1.807, 2.05) is 0 Å². The molecule has 108 valence electrons. The number of aromatic amines is 1. The minimum absolute atomic E-state index is 0.00156. The average Bonchev–Trinajstić information content (AvgIpc) is 2.93. The minimum Gasteiger partial charge on any atom is -0.352 e. The number of aromatic nitrogens is 3. The molecular weight excluding hydrogens is 274 g/mol. The van der Waals surface area contributed by atoms with Crippen LogP contribution in [0.25, 0.3) is 11.4 Å². The summed E-state index contributed by atoms with van der Waals surface area (Å²) in [6, 6.07) is 5.87. The molecule has 2 aromatic rings. The van der Waals surface area contributed by atoms with Crippen LogP contribution in [0.3, 0.4) is 0 Å². The molecule has 1 amide bonds. The molecule has 0 aliphatic heterocycles. The highest BCUT2D eigenvalue weighted by molar-refractivity contribution is 5.78. The third-order valence-corrected chi connectivity index (χ3v) is 2.64. The van der Waals surface area contributed by atoms with Gasteiger partial charge in [0.25, 0.3) is 5.69 Å². The summed E-state index contributed by atoms with van der Waals surface area (Å²) in [5.74, 6) is 0.614. The summed E-state index contributed by atoms with van der Waals surface area (Å²) in [6.07, 6.45) is 1.66. The molecule has 1 aromatic carbocycles. The van der Waals surface area contributed by atoms with Crippen molar-refractivity contribution in [1.29, 1.82) is 0 Å².